The van der Waals surface area contributed by atoms with Gasteiger partial charge in [0.05, 0.1) is 0 Å². The quantitative estimate of drug-likeness (QED) is 0.588. The summed E-state index contributed by atoms with van der Waals surface area (Å²) in [6, 6.07) is 0. The SMILES string of the molecule is CC1CCC(C(C)C)C(PC(C)(C)C)C1. The predicted octanol–water partition coefficient (Wildman–Crippen LogP) is 4.92. The van der Waals surface area contributed by atoms with Gasteiger partial charge in [-0.25, -0.2) is 0 Å². The van der Waals surface area contributed by atoms with Gasteiger partial charge in [0.1, 0.15) is 0 Å². The lowest BCUT2D eigenvalue weighted by Gasteiger charge is -2.40. The summed E-state index contributed by atoms with van der Waals surface area (Å²) in [7, 11) is 1.15. The van der Waals surface area contributed by atoms with Crippen molar-refractivity contribution in [2.45, 2.75) is 71.6 Å². The first-order chi connectivity index (χ1) is 6.79. The lowest BCUT2D eigenvalue weighted by atomic mass is 9.77. The second kappa shape index (κ2) is 5.17. The van der Waals surface area contributed by atoms with E-state index in [2.05, 4.69) is 41.5 Å². The standard InChI is InChI=1S/C14H29P/c1-10(2)12-8-7-11(3)9-13(12)15-14(4,5)6/h10-13,15H,7-9H2,1-6H3. The molecule has 0 saturated heterocycles. The van der Waals surface area contributed by atoms with Gasteiger partial charge >= 0.3 is 0 Å². The highest BCUT2D eigenvalue weighted by Gasteiger charge is 2.32. The molecule has 0 aromatic heterocycles. The maximum absolute atomic E-state index is 2.44. The van der Waals surface area contributed by atoms with E-state index in [1.165, 1.54) is 19.3 Å². The van der Waals surface area contributed by atoms with Crippen molar-refractivity contribution in [2.75, 3.05) is 0 Å². The molecule has 0 bridgehead atoms. The Balaban J connectivity index is 2.62. The van der Waals surface area contributed by atoms with E-state index in [1.807, 2.05) is 0 Å². The third kappa shape index (κ3) is 4.43. The number of hydrogen-bond acceptors (Lipinski definition) is 0. The van der Waals surface area contributed by atoms with E-state index in [4.69, 9.17) is 0 Å². The molecule has 1 saturated carbocycles. The Morgan fingerprint density at radius 2 is 1.73 bits per heavy atom. The molecule has 1 rings (SSSR count). The van der Waals surface area contributed by atoms with E-state index in [9.17, 15) is 0 Å². The molecular formula is C14H29P. The van der Waals surface area contributed by atoms with Gasteiger partial charge in [0.2, 0.25) is 0 Å². The summed E-state index contributed by atoms with van der Waals surface area (Å²) in [6.07, 6.45) is 4.43. The average molecular weight is 228 g/mol. The normalized spacial score (nSPS) is 34.2. The summed E-state index contributed by atoms with van der Waals surface area (Å²) in [6.45, 7) is 14.5. The molecule has 0 radical (unpaired) electrons. The zero-order valence-corrected chi connectivity index (χ0v) is 12.4. The fourth-order valence-electron chi connectivity index (χ4n) is 2.92. The van der Waals surface area contributed by atoms with Crippen molar-refractivity contribution in [1.29, 1.82) is 0 Å². The molecule has 0 amide bonds. The number of rotatable bonds is 2. The van der Waals surface area contributed by atoms with Crippen LogP contribution >= 0.6 is 8.58 Å². The fourth-order valence-corrected chi connectivity index (χ4v) is 5.32. The van der Waals surface area contributed by atoms with Crippen LogP contribution in [0.5, 0.6) is 0 Å². The van der Waals surface area contributed by atoms with E-state index in [0.29, 0.717) is 5.16 Å². The van der Waals surface area contributed by atoms with E-state index in [0.717, 1.165) is 32.0 Å². The Labute approximate surface area is 98.4 Å². The smallest absolute Gasteiger partial charge is 0.0199 e. The lowest BCUT2D eigenvalue weighted by Crippen LogP contribution is -2.31. The van der Waals surface area contributed by atoms with Crippen LogP contribution in [0.2, 0.25) is 0 Å². The van der Waals surface area contributed by atoms with Crippen LogP contribution in [-0.4, -0.2) is 10.8 Å². The van der Waals surface area contributed by atoms with Gasteiger partial charge in [-0.3, -0.25) is 0 Å². The van der Waals surface area contributed by atoms with Crippen molar-refractivity contribution in [1.82, 2.24) is 0 Å². The van der Waals surface area contributed by atoms with Gasteiger partial charge in [0.15, 0.2) is 0 Å². The second-order valence-corrected chi connectivity index (χ2v) is 9.36. The molecule has 1 heteroatoms. The van der Waals surface area contributed by atoms with Crippen molar-refractivity contribution in [2.24, 2.45) is 17.8 Å². The van der Waals surface area contributed by atoms with Crippen molar-refractivity contribution < 1.29 is 0 Å². The molecule has 4 unspecified atom stereocenters. The molecular weight excluding hydrogens is 199 g/mol. The summed E-state index contributed by atoms with van der Waals surface area (Å²) in [4.78, 5) is 0. The molecule has 15 heavy (non-hydrogen) atoms. The largest absolute Gasteiger partial charge is 0.113 e. The highest BCUT2D eigenvalue weighted by molar-refractivity contribution is 7.40. The van der Waals surface area contributed by atoms with Crippen LogP contribution in [0.4, 0.5) is 0 Å². The van der Waals surface area contributed by atoms with E-state index < -0.39 is 0 Å². The van der Waals surface area contributed by atoms with E-state index in [1.54, 1.807) is 0 Å². The van der Waals surface area contributed by atoms with Crippen LogP contribution in [0.3, 0.4) is 0 Å². The third-order valence-corrected chi connectivity index (χ3v) is 5.54. The van der Waals surface area contributed by atoms with Crippen molar-refractivity contribution >= 4 is 8.58 Å². The first-order valence-corrected chi connectivity index (χ1v) is 7.65. The van der Waals surface area contributed by atoms with Crippen molar-refractivity contribution in [3.05, 3.63) is 0 Å². The molecule has 0 spiro atoms. The Morgan fingerprint density at radius 1 is 1.13 bits per heavy atom. The summed E-state index contributed by atoms with van der Waals surface area (Å²) < 4.78 is 0. The first-order valence-electron chi connectivity index (χ1n) is 6.57. The zero-order chi connectivity index (χ0) is 11.6. The minimum atomic E-state index is 0.537. The molecule has 0 N–H and O–H groups in total. The molecule has 0 aromatic carbocycles. The average Bonchev–Trinajstić information content (AvgIpc) is 1.99. The minimum absolute atomic E-state index is 0.537. The Kier molecular flexibility index (Phi) is 4.65. The molecule has 0 aromatic rings. The van der Waals surface area contributed by atoms with Gasteiger partial charge < -0.3 is 0 Å². The summed E-state index contributed by atoms with van der Waals surface area (Å²) in [5.74, 6) is 2.86. The van der Waals surface area contributed by atoms with Crippen LogP contribution in [0.1, 0.15) is 60.8 Å². The Morgan fingerprint density at radius 3 is 2.20 bits per heavy atom. The molecule has 4 atom stereocenters. The van der Waals surface area contributed by atoms with Crippen LogP contribution in [0.25, 0.3) is 0 Å². The fraction of sp³-hybridized carbons (Fsp3) is 1.00. The van der Waals surface area contributed by atoms with Gasteiger partial charge in [-0.2, -0.15) is 0 Å². The molecule has 1 aliphatic rings. The van der Waals surface area contributed by atoms with Gasteiger partial charge in [-0.15, -0.1) is 8.58 Å². The third-order valence-electron chi connectivity index (χ3n) is 3.64. The van der Waals surface area contributed by atoms with Gasteiger partial charge in [0, 0.05) is 0 Å². The van der Waals surface area contributed by atoms with Crippen LogP contribution in [0.15, 0.2) is 0 Å². The van der Waals surface area contributed by atoms with E-state index in [-0.39, 0.29) is 0 Å². The second-order valence-electron chi connectivity index (χ2n) is 6.83. The molecule has 1 aliphatic carbocycles. The Hall–Kier alpha value is 0.430. The molecule has 0 aliphatic heterocycles. The summed E-state index contributed by atoms with van der Waals surface area (Å²) in [5.41, 5.74) is 1.01. The van der Waals surface area contributed by atoms with E-state index >= 15 is 0 Å². The Bertz CT molecular complexity index is 190. The maximum Gasteiger partial charge on any atom is -0.0199 e. The van der Waals surface area contributed by atoms with Crippen molar-refractivity contribution in [3.8, 4) is 0 Å². The molecule has 90 valence electrons. The highest BCUT2D eigenvalue weighted by Crippen LogP contribution is 2.48. The minimum Gasteiger partial charge on any atom is -0.113 e. The molecule has 1 fully saturated rings. The lowest BCUT2D eigenvalue weighted by molar-refractivity contribution is 0.241. The highest BCUT2D eigenvalue weighted by atomic mass is 31.1. The predicted molar refractivity (Wildman–Crippen MR) is 73.2 cm³/mol. The van der Waals surface area contributed by atoms with Crippen LogP contribution < -0.4 is 0 Å². The van der Waals surface area contributed by atoms with Gasteiger partial charge in [0.25, 0.3) is 0 Å². The van der Waals surface area contributed by atoms with Crippen molar-refractivity contribution in [3.63, 3.8) is 0 Å². The monoisotopic (exact) mass is 228 g/mol. The molecule has 0 nitrogen and oxygen atoms in total. The summed E-state index contributed by atoms with van der Waals surface area (Å²) >= 11 is 0. The zero-order valence-electron chi connectivity index (χ0n) is 11.4. The number of hydrogen-bond donors (Lipinski definition) is 0. The summed E-state index contributed by atoms with van der Waals surface area (Å²) in [5, 5.41) is 0.537. The molecule has 0 heterocycles. The topological polar surface area (TPSA) is 0 Å². The maximum atomic E-state index is 2.44. The van der Waals surface area contributed by atoms with Crippen LogP contribution in [0, 0.1) is 17.8 Å². The van der Waals surface area contributed by atoms with Crippen LogP contribution in [-0.2, 0) is 0 Å². The van der Waals surface area contributed by atoms with Gasteiger partial charge in [-0.05, 0) is 41.4 Å². The van der Waals surface area contributed by atoms with Gasteiger partial charge in [-0.1, -0.05) is 48.0 Å². The first kappa shape index (κ1) is 13.5.